The van der Waals surface area contributed by atoms with Crippen molar-refractivity contribution in [3.63, 3.8) is 0 Å². The molecule has 9 nitrogen and oxygen atoms in total. The molecule has 0 aliphatic rings. The van der Waals surface area contributed by atoms with E-state index in [1.165, 1.54) is 44.7 Å². The van der Waals surface area contributed by atoms with E-state index >= 15 is 0 Å². The van der Waals surface area contributed by atoms with Crippen LogP contribution in [0.4, 0.5) is 11.4 Å². The second kappa shape index (κ2) is 9.77. The van der Waals surface area contributed by atoms with Crippen LogP contribution in [0, 0.1) is 6.07 Å². The Labute approximate surface area is 182 Å². The number of nitrogens with one attached hydrogen (secondary N) is 2. The Morgan fingerprint density at radius 3 is 2.44 bits per heavy atom. The molecule has 0 fully saturated rings. The first-order chi connectivity index (χ1) is 12.2. The van der Waals surface area contributed by atoms with Crippen LogP contribution in [0.2, 0.25) is 0 Å². The first-order valence-corrected chi connectivity index (χ1v) is 9.19. The first-order valence-electron chi connectivity index (χ1n) is 7.30. The number of amides is 1. The van der Waals surface area contributed by atoms with E-state index in [2.05, 4.69) is 26.8 Å². The number of phenols is 1. The van der Waals surface area contributed by atoms with Gasteiger partial charge in [0.15, 0.2) is 9.84 Å². The van der Waals surface area contributed by atoms with E-state index in [1.807, 2.05) is 0 Å². The van der Waals surface area contributed by atoms with E-state index in [0.717, 1.165) is 6.26 Å². The molecule has 0 aliphatic heterocycles. The number of rotatable bonds is 6. The number of sulfone groups is 1. The molecule has 0 saturated heterocycles. The van der Waals surface area contributed by atoms with Gasteiger partial charge < -0.3 is 15.3 Å². The third-order valence-electron chi connectivity index (χ3n) is 3.37. The molecule has 0 aliphatic carbocycles. The normalized spacial score (nSPS) is 11.7. The van der Waals surface area contributed by atoms with E-state index < -0.39 is 15.7 Å². The number of nitrogens with zero attached hydrogens (tertiary/aromatic N) is 2. The molecule has 1 aromatic heterocycles. The Morgan fingerprint density at radius 2 is 1.89 bits per heavy atom. The van der Waals surface area contributed by atoms with Crippen molar-refractivity contribution in [1.29, 1.82) is 0 Å². The molecule has 11 heteroatoms. The van der Waals surface area contributed by atoms with Crippen LogP contribution in [0.15, 0.2) is 41.5 Å². The zero-order valence-electron chi connectivity index (χ0n) is 14.8. The fourth-order valence-corrected chi connectivity index (χ4v) is 2.28. The summed E-state index contributed by atoms with van der Waals surface area (Å²) < 4.78 is 22.9. The maximum atomic E-state index is 12.0. The molecule has 3 N–H and O–H groups in total. The first kappa shape index (κ1) is 23.0. The largest absolute Gasteiger partial charge is 0.531 e. The van der Waals surface area contributed by atoms with Gasteiger partial charge in [-0.3, -0.25) is 4.79 Å². The van der Waals surface area contributed by atoms with Gasteiger partial charge in [-0.1, -0.05) is 0 Å². The zero-order chi connectivity index (χ0) is 19.3. The number of carbonyl (C=O) groups is 1. The van der Waals surface area contributed by atoms with Crippen molar-refractivity contribution >= 4 is 27.1 Å². The summed E-state index contributed by atoms with van der Waals surface area (Å²) in [5, 5.41) is 12.5. The Bertz CT molecular complexity index is 949. The summed E-state index contributed by atoms with van der Waals surface area (Å²) in [4.78, 5) is 24.7. The average molecular weight is 466 g/mol. The molecule has 0 unspecified atom stereocenters. The molecule has 2 aromatic rings. The summed E-state index contributed by atoms with van der Waals surface area (Å²) in [7, 11) is -3.36. The SMILES string of the molecule is C/C(ONc1[c-]cc(NC(=O)c2cncnc2)c(O)c1)=C(\C)S(C)(=O)=O.[Y]. The third kappa shape index (κ3) is 6.56. The van der Waals surface area contributed by atoms with Crippen LogP contribution in [0.25, 0.3) is 0 Å². The predicted molar refractivity (Wildman–Crippen MR) is 94.9 cm³/mol. The van der Waals surface area contributed by atoms with Crippen molar-refractivity contribution in [3.8, 4) is 5.75 Å². The van der Waals surface area contributed by atoms with Crippen LogP contribution in [0.5, 0.6) is 5.75 Å². The average Bonchev–Trinajstić information content (AvgIpc) is 2.61. The monoisotopic (exact) mass is 466 g/mol. The van der Waals surface area contributed by atoms with Crippen LogP contribution in [0.1, 0.15) is 24.2 Å². The summed E-state index contributed by atoms with van der Waals surface area (Å²) in [6.45, 7) is 2.90. The number of aromatic nitrogens is 2. The number of aromatic hydroxyl groups is 1. The Balaban J connectivity index is 0.00000364. The van der Waals surface area contributed by atoms with Crippen molar-refractivity contribution in [3.05, 3.63) is 53.1 Å². The van der Waals surface area contributed by atoms with Gasteiger partial charge in [0.25, 0.3) is 0 Å². The van der Waals surface area contributed by atoms with Crippen LogP contribution in [0.3, 0.4) is 0 Å². The fourth-order valence-electron chi connectivity index (χ4n) is 1.71. The van der Waals surface area contributed by atoms with Crippen LogP contribution >= 0.6 is 0 Å². The van der Waals surface area contributed by atoms with E-state index in [1.54, 1.807) is 0 Å². The van der Waals surface area contributed by atoms with Gasteiger partial charge in [-0.2, -0.15) is 6.07 Å². The van der Waals surface area contributed by atoms with Gasteiger partial charge in [0.2, 0.25) is 5.91 Å². The van der Waals surface area contributed by atoms with Crippen LogP contribution in [-0.4, -0.2) is 35.7 Å². The van der Waals surface area contributed by atoms with Gasteiger partial charge in [0.05, 0.1) is 10.5 Å². The third-order valence-corrected chi connectivity index (χ3v) is 4.77. The minimum Gasteiger partial charge on any atom is -0.531 e. The molecular weight excluding hydrogens is 449 g/mol. The molecule has 27 heavy (non-hydrogen) atoms. The Hall–Kier alpha value is -2.04. The molecule has 1 aromatic carbocycles. The summed E-state index contributed by atoms with van der Waals surface area (Å²) >= 11 is 0. The topological polar surface area (TPSA) is 131 Å². The Kier molecular flexibility index (Phi) is 8.32. The van der Waals surface area contributed by atoms with Gasteiger partial charge in [-0.05, 0) is 25.2 Å². The van der Waals surface area contributed by atoms with E-state index in [-0.39, 0.29) is 66.1 Å². The number of benzene rings is 1. The standard InChI is InChI=1S/C16H17N4O5S.Y/c1-10(11(2)26(3,23)24)25-20-13-4-5-14(15(21)6-13)19-16(22)12-7-17-9-18-8-12;/h5-9,20-21H,1-3H3,(H,19,22);/q-1;/b11-10-;. The fraction of sp³-hybridized carbons (Fsp3) is 0.188. The van der Waals surface area contributed by atoms with Gasteiger partial charge in [-0.25, -0.2) is 23.9 Å². The molecule has 0 atom stereocenters. The second-order valence-corrected chi connectivity index (χ2v) is 7.47. The quantitative estimate of drug-likeness (QED) is 0.255. The predicted octanol–water partition coefficient (Wildman–Crippen LogP) is 1.87. The molecule has 0 saturated carbocycles. The molecular formula is C16H17N4O5SY-. The van der Waals surface area contributed by atoms with E-state index in [0.29, 0.717) is 0 Å². The van der Waals surface area contributed by atoms with Crippen molar-refractivity contribution in [2.24, 2.45) is 0 Å². The maximum Gasteiger partial charge on any atom is 0.248 e. The Morgan fingerprint density at radius 1 is 1.26 bits per heavy atom. The summed E-state index contributed by atoms with van der Waals surface area (Å²) in [6.07, 6.45) is 5.05. The minimum atomic E-state index is -3.36. The van der Waals surface area contributed by atoms with Gasteiger partial charge in [0, 0.05) is 57.1 Å². The number of phenolic OH excluding ortho intramolecular Hbond substituents is 1. The van der Waals surface area contributed by atoms with E-state index in [4.69, 9.17) is 4.84 Å². The molecule has 1 radical (unpaired) electrons. The van der Waals surface area contributed by atoms with Crippen molar-refractivity contribution in [2.45, 2.75) is 13.8 Å². The molecule has 1 amide bonds. The molecule has 0 spiro atoms. The number of allylic oxidation sites excluding steroid dienone is 2. The summed E-state index contributed by atoms with van der Waals surface area (Å²) in [6, 6.07) is 5.36. The zero-order valence-corrected chi connectivity index (χ0v) is 18.5. The van der Waals surface area contributed by atoms with Gasteiger partial charge in [0.1, 0.15) is 12.1 Å². The van der Waals surface area contributed by atoms with Crippen molar-refractivity contribution in [2.75, 3.05) is 17.1 Å². The van der Waals surface area contributed by atoms with Crippen LogP contribution < -0.4 is 10.8 Å². The minimum absolute atomic E-state index is 0. The summed E-state index contributed by atoms with van der Waals surface area (Å²) in [5.74, 6) is -0.572. The van der Waals surface area contributed by atoms with E-state index in [9.17, 15) is 18.3 Å². The molecule has 2 rings (SSSR count). The smallest absolute Gasteiger partial charge is 0.248 e. The second-order valence-electron chi connectivity index (χ2n) is 5.32. The molecule has 0 bridgehead atoms. The summed E-state index contributed by atoms with van der Waals surface area (Å²) in [5.41, 5.74) is 3.08. The number of hydrogen-bond donors (Lipinski definition) is 3. The molecule has 1 heterocycles. The van der Waals surface area contributed by atoms with Gasteiger partial charge >= 0.3 is 0 Å². The van der Waals surface area contributed by atoms with Crippen molar-refractivity contribution in [1.82, 2.24) is 9.97 Å². The van der Waals surface area contributed by atoms with Gasteiger partial charge in [-0.15, -0.1) is 12.1 Å². The molecule has 141 valence electrons. The number of anilines is 2. The number of carbonyl (C=O) groups excluding carboxylic acids is 1. The van der Waals surface area contributed by atoms with Crippen molar-refractivity contribution < 1.29 is 55.9 Å². The number of hydrogen-bond acceptors (Lipinski definition) is 8. The maximum absolute atomic E-state index is 12.0. The van der Waals surface area contributed by atoms with Crippen LogP contribution in [-0.2, 0) is 47.4 Å².